The van der Waals surface area contributed by atoms with E-state index in [0.717, 1.165) is 11.5 Å². The second kappa shape index (κ2) is 3.91. The van der Waals surface area contributed by atoms with Crippen LogP contribution < -0.4 is 5.73 Å². The zero-order valence-electron chi connectivity index (χ0n) is 7.28. The highest BCUT2D eigenvalue weighted by Crippen LogP contribution is 2.14. The molecular weight excluding hydrogens is 174 g/mol. The van der Waals surface area contributed by atoms with Crippen LogP contribution in [0.5, 0.6) is 0 Å². The van der Waals surface area contributed by atoms with Gasteiger partial charge in [0.25, 0.3) is 0 Å². The second-order valence-electron chi connectivity index (χ2n) is 3.32. The number of rotatable bonds is 4. The Morgan fingerprint density at radius 3 is 2.92 bits per heavy atom. The van der Waals surface area contributed by atoms with Crippen molar-refractivity contribution in [3.8, 4) is 0 Å². The summed E-state index contributed by atoms with van der Waals surface area (Å²) in [4.78, 5) is 3.90. The molecule has 0 radical (unpaired) electrons. The van der Waals surface area contributed by atoms with Gasteiger partial charge in [0, 0.05) is 11.3 Å². The van der Waals surface area contributed by atoms with Gasteiger partial charge in [0.15, 0.2) is 6.33 Å². The van der Waals surface area contributed by atoms with E-state index in [1.807, 2.05) is 13.8 Å². The maximum absolute atomic E-state index is 5.79. The number of aromatic nitrogens is 2. The molecule has 0 unspecified atom stereocenters. The van der Waals surface area contributed by atoms with E-state index in [1.165, 1.54) is 6.33 Å². The summed E-state index contributed by atoms with van der Waals surface area (Å²) in [5.74, 6) is 2.28. The number of thioether (sulfide) groups is 1. The molecule has 1 heterocycles. The third-order valence-electron chi connectivity index (χ3n) is 1.11. The first-order valence-electron chi connectivity index (χ1n) is 3.70. The highest BCUT2D eigenvalue weighted by atomic mass is 32.2. The third kappa shape index (κ3) is 3.73. The van der Waals surface area contributed by atoms with Crippen LogP contribution in [0, 0.1) is 0 Å². The first-order valence-corrected chi connectivity index (χ1v) is 4.85. The molecule has 0 amide bonds. The maximum atomic E-state index is 5.79. The average molecular weight is 187 g/mol. The van der Waals surface area contributed by atoms with E-state index in [0.29, 0.717) is 5.89 Å². The SMILES string of the molecule is CC(C)(N)CSCc1ncno1. The normalized spacial score (nSPS) is 11.9. The van der Waals surface area contributed by atoms with Crippen LogP contribution in [0.1, 0.15) is 19.7 Å². The summed E-state index contributed by atoms with van der Waals surface area (Å²) in [6.07, 6.45) is 1.41. The van der Waals surface area contributed by atoms with Crippen LogP contribution in [-0.4, -0.2) is 21.4 Å². The molecule has 1 rings (SSSR count). The van der Waals surface area contributed by atoms with Crippen molar-refractivity contribution in [3.63, 3.8) is 0 Å². The predicted octanol–water partition coefficient (Wildman–Crippen LogP) is 1.04. The molecule has 0 fully saturated rings. The smallest absolute Gasteiger partial charge is 0.236 e. The molecule has 5 heteroatoms. The number of nitrogens with zero attached hydrogens (tertiary/aromatic N) is 2. The van der Waals surface area contributed by atoms with E-state index >= 15 is 0 Å². The van der Waals surface area contributed by atoms with Crippen LogP contribution in [0.2, 0.25) is 0 Å². The summed E-state index contributed by atoms with van der Waals surface area (Å²) in [6.45, 7) is 3.99. The largest absolute Gasteiger partial charge is 0.339 e. The van der Waals surface area contributed by atoms with Crippen molar-refractivity contribution in [2.24, 2.45) is 5.73 Å². The predicted molar refractivity (Wildman–Crippen MR) is 48.7 cm³/mol. The van der Waals surface area contributed by atoms with E-state index in [4.69, 9.17) is 10.3 Å². The minimum atomic E-state index is -0.134. The Bertz CT molecular complexity index is 217. The first-order chi connectivity index (χ1) is 5.58. The molecule has 0 atom stereocenters. The fourth-order valence-corrected chi connectivity index (χ4v) is 1.59. The van der Waals surface area contributed by atoms with E-state index in [2.05, 4.69) is 10.1 Å². The van der Waals surface area contributed by atoms with Crippen molar-refractivity contribution >= 4 is 11.8 Å². The standard InChI is InChI=1S/C7H13N3OS/c1-7(2,8)4-12-3-6-9-5-10-11-6/h5H,3-4,8H2,1-2H3. The van der Waals surface area contributed by atoms with Gasteiger partial charge in [0.2, 0.25) is 5.89 Å². The summed E-state index contributed by atoms with van der Waals surface area (Å²) in [7, 11) is 0. The van der Waals surface area contributed by atoms with Gasteiger partial charge in [0.1, 0.15) is 0 Å². The van der Waals surface area contributed by atoms with Gasteiger partial charge in [-0.2, -0.15) is 16.7 Å². The van der Waals surface area contributed by atoms with E-state index < -0.39 is 0 Å². The molecular formula is C7H13N3OS. The quantitative estimate of drug-likeness (QED) is 0.763. The molecule has 1 aromatic heterocycles. The summed E-state index contributed by atoms with van der Waals surface area (Å²) in [5.41, 5.74) is 5.65. The lowest BCUT2D eigenvalue weighted by atomic mass is 10.1. The molecule has 0 aliphatic heterocycles. The van der Waals surface area contributed by atoms with Gasteiger partial charge in [-0.25, -0.2) is 0 Å². The monoisotopic (exact) mass is 187 g/mol. The molecule has 0 spiro atoms. The van der Waals surface area contributed by atoms with E-state index in [1.54, 1.807) is 11.8 Å². The molecule has 68 valence electrons. The Morgan fingerprint density at radius 2 is 2.42 bits per heavy atom. The van der Waals surface area contributed by atoms with Gasteiger partial charge in [0.05, 0.1) is 5.75 Å². The van der Waals surface area contributed by atoms with Crippen molar-refractivity contribution in [3.05, 3.63) is 12.2 Å². The van der Waals surface area contributed by atoms with Crippen LogP contribution in [0.15, 0.2) is 10.9 Å². The average Bonchev–Trinajstić information content (AvgIpc) is 2.36. The molecule has 4 nitrogen and oxygen atoms in total. The van der Waals surface area contributed by atoms with Gasteiger partial charge >= 0.3 is 0 Å². The molecule has 0 saturated heterocycles. The number of nitrogens with two attached hydrogens (primary N) is 1. The van der Waals surface area contributed by atoms with E-state index in [9.17, 15) is 0 Å². The van der Waals surface area contributed by atoms with Crippen molar-refractivity contribution in [2.45, 2.75) is 25.1 Å². The Kier molecular flexibility index (Phi) is 3.11. The van der Waals surface area contributed by atoms with Crippen LogP contribution in [0.4, 0.5) is 0 Å². The minimum Gasteiger partial charge on any atom is -0.339 e. The van der Waals surface area contributed by atoms with Crippen molar-refractivity contribution < 1.29 is 4.52 Å². The molecule has 0 aliphatic carbocycles. The fourth-order valence-electron chi connectivity index (χ4n) is 0.661. The van der Waals surface area contributed by atoms with Crippen molar-refractivity contribution in [1.82, 2.24) is 10.1 Å². The second-order valence-corrected chi connectivity index (χ2v) is 4.30. The Morgan fingerprint density at radius 1 is 1.67 bits per heavy atom. The highest BCUT2D eigenvalue weighted by molar-refractivity contribution is 7.98. The molecule has 0 bridgehead atoms. The molecule has 2 N–H and O–H groups in total. The number of hydrogen-bond donors (Lipinski definition) is 1. The molecule has 0 aromatic carbocycles. The van der Waals surface area contributed by atoms with Gasteiger partial charge < -0.3 is 10.3 Å². The van der Waals surface area contributed by atoms with Crippen LogP contribution in [0.25, 0.3) is 0 Å². The Balaban J connectivity index is 2.20. The van der Waals surface area contributed by atoms with Gasteiger partial charge in [-0.15, -0.1) is 0 Å². The summed E-state index contributed by atoms with van der Waals surface area (Å²) in [6, 6.07) is 0. The molecule has 0 aliphatic rings. The zero-order chi connectivity index (χ0) is 9.03. The first kappa shape index (κ1) is 9.54. The van der Waals surface area contributed by atoms with Crippen molar-refractivity contribution in [1.29, 1.82) is 0 Å². The van der Waals surface area contributed by atoms with Crippen molar-refractivity contribution in [2.75, 3.05) is 5.75 Å². The summed E-state index contributed by atoms with van der Waals surface area (Å²) >= 11 is 1.70. The lowest BCUT2D eigenvalue weighted by Gasteiger charge is -2.16. The number of hydrogen-bond acceptors (Lipinski definition) is 5. The minimum absolute atomic E-state index is 0.134. The summed E-state index contributed by atoms with van der Waals surface area (Å²) < 4.78 is 4.83. The van der Waals surface area contributed by atoms with Crippen LogP contribution in [-0.2, 0) is 5.75 Å². The third-order valence-corrected chi connectivity index (χ3v) is 2.51. The molecule has 0 saturated carbocycles. The van der Waals surface area contributed by atoms with Gasteiger partial charge in [-0.1, -0.05) is 5.16 Å². The summed E-state index contributed by atoms with van der Waals surface area (Å²) in [5, 5.41) is 3.51. The van der Waals surface area contributed by atoms with E-state index in [-0.39, 0.29) is 5.54 Å². The fraction of sp³-hybridized carbons (Fsp3) is 0.714. The maximum Gasteiger partial charge on any atom is 0.236 e. The van der Waals surface area contributed by atoms with Crippen LogP contribution >= 0.6 is 11.8 Å². The molecule has 12 heavy (non-hydrogen) atoms. The van der Waals surface area contributed by atoms with Gasteiger partial charge in [-0.05, 0) is 13.8 Å². The topological polar surface area (TPSA) is 64.9 Å². The van der Waals surface area contributed by atoms with Gasteiger partial charge in [-0.3, -0.25) is 0 Å². The highest BCUT2D eigenvalue weighted by Gasteiger charge is 2.10. The molecule has 1 aromatic rings. The Labute approximate surface area is 75.9 Å². The van der Waals surface area contributed by atoms with Crippen LogP contribution in [0.3, 0.4) is 0 Å². The zero-order valence-corrected chi connectivity index (χ0v) is 8.10. The lowest BCUT2D eigenvalue weighted by molar-refractivity contribution is 0.390. The lowest BCUT2D eigenvalue weighted by Crippen LogP contribution is -2.34. The Hall–Kier alpha value is -0.550.